The Hall–Kier alpha value is -0.810. The summed E-state index contributed by atoms with van der Waals surface area (Å²) in [4.78, 5) is 4.02. The lowest BCUT2D eigenvalue weighted by atomic mass is 9.56. The average molecular weight is 243 g/mol. The van der Waals surface area contributed by atoms with Gasteiger partial charge in [0.05, 0.1) is 11.7 Å². The summed E-state index contributed by atoms with van der Waals surface area (Å²) in [5.74, 6) is 0.689. The zero-order valence-corrected chi connectivity index (χ0v) is 11.5. The molecule has 0 saturated heterocycles. The van der Waals surface area contributed by atoms with Gasteiger partial charge in [-0.15, -0.1) is 0 Å². The molecule has 0 heterocycles. The Labute approximate surface area is 104 Å². The van der Waals surface area contributed by atoms with E-state index in [-0.39, 0.29) is 11.5 Å². The van der Waals surface area contributed by atoms with Crippen molar-refractivity contribution in [3.8, 4) is 0 Å². The first-order valence-corrected chi connectivity index (χ1v) is 6.13. The van der Waals surface area contributed by atoms with E-state index in [2.05, 4.69) is 15.6 Å². The molecular weight excluding hydrogens is 218 g/mol. The third-order valence-electron chi connectivity index (χ3n) is 3.90. The monoisotopic (exact) mass is 243 g/mol. The molecule has 1 rings (SSSR count). The van der Waals surface area contributed by atoms with Crippen LogP contribution in [0.2, 0.25) is 0 Å². The van der Waals surface area contributed by atoms with E-state index in [9.17, 15) is 5.11 Å². The Morgan fingerprint density at radius 3 is 2.59 bits per heavy atom. The summed E-state index contributed by atoms with van der Waals surface area (Å²) >= 11 is 0. The molecule has 1 aliphatic carbocycles. The number of aliphatic hydroxyl groups is 1. The molecule has 3 N–H and O–H groups in total. The number of aliphatic imine (C=N–C) groups is 1. The van der Waals surface area contributed by atoms with Gasteiger partial charge in [0, 0.05) is 39.1 Å². The molecule has 0 amide bonds. The number of ether oxygens (including phenoxy) is 1. The molecule has 0 radical (unpaired) electrons. The summed E-state index contributed by atoms with van der Waals surface area (Å²) in [6.45, 7) is 7.24. The number of nitrogens with zero attached hydrogens (tertiary/aromatic N) is 1. The van der Waals surface area contributed by atoms with Crippen LogP contribution >= 0.6 is 0 Å². The fraction of sp³-hybridized carbons (Fsp3) is 0.917. The molecular formula is C12H25N3O2. The van der Waals surface area contributed by atoms with Crippen LogP contribution in [0.3, 0.4) is 0 Å². The molecule has 0 aliphatic heterocycles. The topological polar surface area (TPSA) is 65.9 Å². The number of hydrogen-bond acceptors (Lipinski definition) is 3. The normalized spacial score (nSPS) is 31.9. The summed E-state index contributed by atoms with van der Waals surface area (Å²) in [7, 11) is 3.51. The number of guanidine groups is 1. The Bertz CT molecular complexity index is 291. The molecule has 0 aromatic rings. The van der Waals surface area contributed by atoms with Crippen LogP contribution in [0.5, 0.6) is 0 Å². The molecule has 2 atom stereocenters. The Balaban J connectivity index is 2.55. The average Bonchev–Trinajstić information content (AvgIpc) is 2.30. The van der Waals surface area contributed by atoms with Gasteiger partial charge in [0.2, 0.25) is 0 Å². The third-order valence-corrected chi connectivity index (χ3v) is 3.90. The maximum Gasteiger partial charge on any atom is 0.190 e. The second kappa shape index (κ2) is 5.23. The lowest BCUT2D eigenvalue weighted by molar-refractivity contribution is -0.237. The first-order chi connectivity index (χ1) is 7.91. The summed E-state index contributed by atoms with van der Waals surface area (Å²) < 4.78 is 5.61. The second-order valence-electron chi connectivity index (χ2n) is 5.08. The summed E-state index contributed by atoms with van der Waals surface area (Å²) in [6, 6.07) is 0. The van der Waals surface area contributed by atoms with E-state index < -0.39 is 5.60 Å². The molecule has 5 heteroatoms. The van der Waals surface area contributed by atoms with Gasteiger partial charge in [-0.1, -0.05) is 13.8 Å². The van der Waals surface area contributed by atoms with Crippen LogP contribution in [-0.4, -0.2) is 50.0 Å². The van der Waals surface area contributed by atoms with Crippen LogP contribution in [0.1, 0.15) is 27.2 Å². The predicted octanol–water partition coefficient (Wildman–Crippen LogP) is 0.347. The van der Waals surface area contributed by atoms with Gasteiger partial charge in [-0.3, -0.25) is 4.99 Å². The van der Waals surface area contributed by atoms with Crippen molar-refractivity contribution in [3.05, 3.63) is 0 Å². The number of rotatable bonds is 4. The molecule has 0 aromatic heterocycles. The van der Waals surface area contributed by atoms with Crippen LogP contribution in [0.4, 0.5) is 0 Å². The minimum Gasteiger partial charge on any atom is -0.387 e. The molecule has 1 saturated carbocycles. The van der Waals surface area contributed by atoms with Gasteiger partial charge in [-0.2, -0.15) is 0 Å². The lowest BCUT2D eigenvalue weighted by Gasteiger charge is -2.58. The number of hydrogen-bond donors (Lipinski definition) is 3. The van der Waals surface area contributed by atoms with Crippen LogP contribution in [0.25, 0.3) is 0 Å². The smallest absolute Gasteiger partial charge is 0.190 e. The molecule has 1 aliphatic rings. The van der Waals surface area contributed by atoms with E-state index in [1.54, 1.807) is 14.1 Å². The fourth-order valence-electron chi connectivity index (χ4n) is 2.27. The number of nitrogens with one attached hydrogen (secondary N) is 2. The maximum absolute atomic E-state index is 10.5. The van der Waals surface area contributed by atoms with E-state index in [1.807, 2.05) is 20.8 Å². The molecule has 1 fully saturated rings. The quantitative estimate of drug-likeness (QED) is 0.492. The Kier molecular flexibility index (Phi) is 4.38. The van der Waals surface area contributed by atoms with Crippen molar-refractivity contribution in [1.29, 1.82) is 0 Å². The van der Waals surface area contributed by atoms with Gasteiger partial charge >= 0.3 is 0 Å². The van der Waals surface area contributed by atoms with E-state index in [0.717, 1.165) is 0 Å². The van der Waals surface area contributed by atoms with E-state index in [0.29, 0.717) is 25.5 Å². The summed E-state index contributed by atoms with van der Waals surface area (Å²) in [5, 5.41) is 16.6. The van der Waals surface area contributed by atoms with Crippen molar-refractivity contribution in [2.24, 2.45) is 10.4 Å². The highest BCUT2D eigenvalue weighted by atomic mass is 16.5. The van der Waals surface area contributed by atoms with Gasteiger partial charge in [0.15, 0.2) is 5.96 Å². The van der Waals surface area contributed by atoms with E-state index in [1.165, 1.54) is 0 Å². The molecule has 100 valence electrons. The highest BCUT2D eigenvalue weighted by Crippen LogP contribution is 2.50. The highest BCUT2D eigenvalue weighted by Gasteiger charge is 2.59. The first kappa shape index (κ1) is 14.3. The van der Waals surface area contributed by atoms with Crippen LogP contribution < -0.4 is 10.6 Å². The molecule has 0 bridgehead atoms. The Morgan fingerprint density at radius 2 is 2.18 bits per heavy atom. The minimum atomic E-state index is -0.736. The maximum atomic E-state index is 10.5. The molecule has 5 nitrogen and oxygen atoms in total. The van der Waals surface area contributed by atoms with Crippen molar-refractivity contribution in [2.75, 3.05) is 27.2 Å². The molecule has 0 aromatic carbocycles. The van der Waals surface area contributed by atoms with Crippen molar-refractivity contribution < 1.29 is 9.84 Å². The largest absolute Gasteiger partial charge is 0.387 e. The van der Waals surface area contributed by atoms with Crippen molar-refractivity contribution in [3.63, 3.8) is 0 Å². The molecule has 17 heavy (non-hydrogen) atoms. The van der Waals surface area contributed by atoms with Gasteiger partial charge in [0.1, 0.15) is 0 Å². The molecule has 0 spiro atoms. The minimum absolute atomic E-state index is 0.135. The SMILES string of the molecule is CCOC1CC(O)(CNC(=NC)NC)C1(C)C. The second-order valence-corrected chi connectivity index (χ2v) is 5.08. The zero-order valence-electron chi connectivity index (χ0n) is 11.5. The summed E-state index contributed by atoms with van der Waals surface area (Å²) in [6.07, 6.45) is 0.803. The van der Waals surface area contributed by atoms with Crippen molar-refractivity contribution in [1.82, 2.24) is 10.6 Å². The van der Waals surface area contributed by atoms with E-state index in [4.69, 9.17) is 4.74 Å². The first-order valence-electron chi connectivity index (χ1n) is 6.13. The standard InChI is InChI=1S/C12H25N3O2/c1-6-17-9-7-12(16,11(9,2)3)8-15-10(13-4)14-5/h9,16H,6-8H2,1-5H3,(H2,13,14,15). The van der Waals surface area contributed by atoms with Gasteiger partial charge in [0.25, 0.3) is 0 Å². The third kappa shape index (κ3) is 2.55. The zero-order chi connectivity index (χ0) is 13.1. The fourth-order valence-corrected chi connectivity index (χ4v) is 2.27. The van der Waals surface area contributed by atoms with Crippen LogP contribution in [0, 0.1) is 5.41 Å². The van der Waals surface area contributed by atoms with Crippen molar-refractivity contribution in [2.45, 2.75) is 38.9 Å². The highest BCUT2D eigenvalue weighted by molar-refractivity contribution is 5.79. The molecule has 2 unspecified atom stereocenters. The van der Waals surface area contributed by atoms with Crippen molar-refractivity contribution >= 4 is 5.96 Å². The lowest BCUT2D eigenvalue weighted by Crippen LogP contribution is -2.69. The van der Waals surface area contributed by atoms with E-state index >= 15 is 0 Å². The summed E-state index contributed by atoms with van der Waals surface area (Å²) in [5.41, 5.74) is -0.970. The van der Waals surface area contributed by atoms with Gasteiger partial charge in [-0.05, 0) is 6.92 Å². The van der Waals surface area contributed by atoms with Gasteiger partial charge < -0.3 is 20.5 Å². The Morgan fingerprint density at radius 1 is 1.53 bits per heavy atom. The predicted molar refractivity (Wildman–Crippen MR) is 69.2 cm³/mol. The van der Waals surface area contributed by atoms with Crippen LogP contribution in [-0.2, 0) is 4.74 Å². The van der Waals surface area contributed by atoms with Crippen LogP contribution in [0.15, 0.2) is 4.99 Å². The van der Waals surface area contributed by atoms with Gasteiger partial charge in [-0.25, -0.2) is 0 Å².